The van der Waals surface area contributed by atoms with Crippen LogP contribution in [-0.4, -0.2) is 23.8 Å². The van der Waals surface area contributed by atoms with Crippen molar-refractivity contribution >= 4 is 23.3 Å². The van der Waals surface area contributed by atoms with Gasteiger partial charge < -0.3 is 10.4 Å². The summed E-state index contributed by atoms with van der Waals surface area (Å²) in [6, 6.07) is 3.68. The number of urea groups is 1. The minimum absolute atomic E-state index is 0.0184. The van der Waals surface area contributed by atoms with Crippen molar-refractivity contribution in [2.24, 2.45) is 5.41 Å². The number of carbonyl (C=O) groups is 1. The maximum atomic E-state index is 13.2. The molecule has 2 amide bonds. The van der Waals surface area contributed by atoms with Gasteiger partial charge in [-0.15, -0.1) is 0 Å². The summed E-state index contributed by atoms with van der Waals surface area (Å²) in [5.41, 5.74) is 5.14. The third-order valence-electron chi connectivity index (χ3n) is 2.82. The Bertz CT molecular complexity index is 495. The summed E-state index contributed by atoms with van der Waals surface area (Å²) in [5.74, 6) is -0.568. The van der Waals surface area contributed by atoms with Gasteiger partial charge in [0.05, 0.1) is 16.8 Å². The number of benzene rings is 1. The van der Waals surface area contributed by atoms with Gasteiger partial charge in [-0.1, -0.05) is 25.4 Å². The topological polar surface area (TPSA) is 73.4 Å². The highest BCUT2D eigenvalue weighted by molar-refractivity contribution is 6.30. The van der Waals surface area contributed by atoms with Crippen LogP contribution in [0, 0.1) is 11.2 Å². The minimum atomic E-state index is -0.568. The molecule has 0 fully saturated rings. The lowest BCUT2D eigenvalue weighted by molar-refractivity contribution is 0.129. The highest BCUT2D eigenvalue weighted by Gasteiger charge is 2.20. The lowest BCUT2D eigenvalue weighted by Gasteiger charge is -2.26. The Kier molecular flexibility index (Phi) is 6.23. The maximum absolute atomic E-state index is 13.2. The zero-order valence-corrected chi connectivity index (χ0v) is 13.1. The quantitative estimate of drug-likeness (QED) is 0.610. The van der Waals surface area contributed by atoms with Crippen molar-refractivity contribution in [3.8, 4) is 0 Å². The van der Waals surface area contributed by atoms with Crippen molar-refractivity contribution in [3.63, 3.8) is 0 Å². The van der Waals surface area contributed by atoms with Gasteiger partial charge in [-0.3, -0.25) is 10.9 Å². The first-order valence-electron chi connectivity index (χ1n) is 6.62. The van der Waals surface area contributed by atoms with Crippen molar-refractivity contribution in [2.45, 2.75) is 33.3 Å². The molecule has 7 heteroatoms. The standard InChI is InChI=1S/C14H21ClFN3O2/c1-9(20)7-14(2,3)8-17-13(21)19-18-10-4-5-11(15)12(16)6-10/h4-6,9,18,20H,7-8H2,1-3H3,(H2,17,19,21). The second-order valence-electron chi connectivity index (χ2n) is 5.78. The number of amides is 2. The Morgan fingerprint density at radius 2 is 2.14 bits per heavy atom. The van der Waals surface area contributed by atoms with Crippen LogP contribution in [0.25, 0.3) is 0 Å². The molecule has 1 unspecified atom stereocenters. The van der Waals surface area contributed by atoms with Crippen LogP contribution in [0.15, 0.2) is 18.2 Å². The number of nitrogens with one attached hydrogen (secondary N) is 3. The molecular formula is C14H21ClFN3O2. The van der Waals surface area contributed by atoms with Gasteiger partial charge in [-0.25, -0.2) is 9.18 Å². The summed E-state index contributed by atoms with van der Waals surface area (Å²) in [5, 5.41) is 12.1. The number of hydrogen-bond donors (Lipinski definition) is 4. The number of anilines is 1. The molecule has 1 aromatic rings. The molecule has 118 valence electrons. The Morgan fingerprint density at radius 3 is 2.71 bits per heavy atom. The number of halogens is 2. The Morgan fingerprint density at radius 1 is 1.48 bits per heavy atom. The van der Waals surface area contributed by atoms with Gasteiger partial charge in [0.15, 0.2) is 0 Å². The maximum Gasteiger partial charge on any atom is 0.333 e. The molecule has 0 radical (unpaired) electrons. The van der Waals surface area contributed by atoms with Gasteiger partial charge in [0.25, 0.3) is 0 Å². The fraction of sp³-hybridized carbons (Fsp3) is 0.500. The molecule has 21 heavy (non-hydrogen) atoms. The van der Waals surface area contributed by atoms with Gasteiger partial charge in [-0.05, 0) is 30.9 Å². The van der Waals surface area contributed by atoms with Gasteiger partial charge >= 0.3 is 6.03 Å². The highest BCUT2D eigenvalue weighted by Crippen LogP contribution is 2.21. The monoisotopic (exact) mass is 317 g/mol. The highest BCUT2D eigenvalue weighted by atomic mass is 35.5. The van der Waals surface area contributed by atoms with E-state index in [1.165, 1.54) is 12.1 Å². The predicted octanol–water partition coefficient (Wildman–Crippen LogP) is 2.90. The van der Waals surface area contributed by atoms with E-state index in [0.717, 1.165) is 0 Å². The van der Waals surface area contributed by atoms with Crippen LogP contribution in [0.5, 0.6) is 0 Å². The zero-order valence-electron chi connectivity index (χ0n) is 12.3. The van der Waals surface area contributed by atoms with E-state index >= 15 is 0 Å². The van der Waals surface area contributed by atoms with Crippen LogP contribution >= 0.6 is 11.6 Å². The first kappa shape index (κ1) is 17.5. The van der Waals surface area contributed by atoms with E-state index in [9.17, 15) is 14.3 Å². The molecule has 0 bridgehead atoms. The normalized spacial score (nSPS) is 12.7. The average molecular weight is 318 g/mol. The number of hydrazine groups is 1. The molecular weight excluding hydrogens is 297 g/mol. The second kappa shape index (κ2) is 7.47. The van der Waals surface area contributed by atoms with E-state index < -0.39 is 18.0 Å². The van der Waals surface area contributed by atoms with Crippen molar-refractivity contribution < 1.29 is 14.3 Å². The Hall–Kier alpha value is -1.53. The van der Waals surface area contributed by atoms with Crippen LogP contribution in [0.1, 0.15) is 27.2 Å². The molecule has 1 atom stereocenters. The first-order valence-corrected chi connectivity index (χ1v) is 7.00. The van der Waals surface area contributed by atoms with E-state index in [2.05, 4.69) is 16.2 Å². The first-order chi connectivity index (χ1) is 9.69. The second-order valence-corrected chi connectivity index (χ2v) is 6.19. The van der Waals surface area contributed by atoms with Gasteiger partial charge in [0, 0.05) is 12.6 Å². The van der Waals surface area contributed by atoms with Crippen LogP contribution in [0.4, 0.5) is 14.9 Å². The van der Waals surface area contributed by atoms with Crippen molar-refractivity contribution in [1.82, 2.24) is 10.7 Å². The Balaban J connectivity index is 2.39. The molecule has 0 aliphatic heterocycles. The lowest BCUT2D eigenvalue weighted by atomic mass is 9.87. The molecule has 0 spiro atoms. The number of carbonyl (C=O) groups excluding carboxylic acids is 1. The summed E-state index contributed by atoms with van der Waals surface area (Å²) in [7, 11) is 0. The molecule has 0 saturated heterocycles. The third-order valence-corrected chi connectivity index (χ3v) is 3.12. The predicted molar refractivity (Wildman–Crippen MR) is 81.6 cm³/mol. The molecule has 1 aromatic carbocycles. The molecule has 0 aromatic heterocycles. The zero-order chi connectivity index (χ0) is 16.0. The molecule has 4 N–H and O–H groups in total. The summed E-state index contributed by atoms with van der Waals surface area (Å²) in [6.07, 6.45) is 0.142. The average Bonchev–Trinajstić information content (AvgIpc) is 2.36. The summed E-state index contributed by atoms with van der Waals surface area (Å²) in [6.45, 7) is 6.00. The molecule has 0 heterocycles. The molecule has 0 aliphatic rings. The third kappa shape index (κ3) is 6.64. The van der Waals surface area contributed by atoms with E-state index in [4.69, 9.17) is 11.6 Å². The van der Waals surface area contributed by atoms with Crippen molar-refractivity contribution in [1.29, 1.82) is 0 Å². The SMILES string of the molecule is CC(O)CC(C)(C)CNC(=O)NNc1ccc(Cl)c(F)c1. The Labute approximate surface area is 128 Å². The summed E-state index contributed by atoms with van der Waals surface area (Å²) >= 11 is 5.56. The minimum Gasteiger partial charge on any atom is -0.393 e. The summed E-state index contributed by atoms with van der Waals surface area (Å²) < 4.78 is 13.2. The van der Waals surface area contributed by atoms with Crippen LogP contribution in [0.2, 0.25) is 5.02 Å². The van der Waals surface area contributed by atoms with Gasteiger partial charge in [0.1, 0.15) is 5.82 Å². The molecule has 1 rings (SSSR count). The molecule has 0 aliphatic carbocycles. The van der Waals surface area contributed by atoms with E-state index in [1.807, 2.05) is 13.8 Å². The van der Waals surface area contributed by atoms with Crippen molar-refractivity contribution in [2.75, 3.05) is 12.0 Å². The van der Waals surface area contributed by atoms with E-state index in [-0.39, 0.29) is 10.4 Å². The number of aliphatic hydroxyl groups is 1. The number of aliphatic hydroxyl groups excluding tert-OH is 1. The lowest BCUT2D eigenvalue weighted by Crippen LogP contribution is -2.43. The van der Waals surface area contributed by atoms with Crippen LogP contribution in [0.3, 0.4) is 0 Å². The van der Waals surface area contributed by atoms with Crippen LogP contribution in [-0.2, 0) is 0 Å². The van der Waals surface area contributed by atoms with E-state index in [0.29, 0.717) is 18.7 Å². The van der Waals surface area contributed by atoms with Crippen molar-refractivity contribution in [3.05, 3.63) is 29.0 Å². The van der Waals surface area contributed by atoms with E-state index in [1.54, 1.807) is 13.0 Å². The molecule has 0 saturated carbocycles. The number of rotatable bonds is 6. The summed E-state index contributed by atoms with van der Waals surface area (Å²) in [4.78, 5) is 11.6. The number of hydrogen-bond acceptors (Lipinski definition) is 3. The van der Waals surface area contributed by atoms with Gasteiger partial charge in [-0.2, -0.15) is 0 Å². The fourth-order valence-electron chi connectivity index (χ4n) is 1.94. The van der Waals surface area contributed by atoms with Gasteiger partial charge in [0.2, 0.25) is 0 Å². The fourth-order valence-corrected chi connectivity index (χ4v) is 2.06. The molecule has 5 nitrogen and oxygen atoms in total. The smallest absolute Gasteiger partial charge is 0.333 e. The largest absolute Gasteiger partial charge is 0.393 e. The van der Waals surface area contributed by atoms with Crippen LogP contribution < -0.4 is 16.2 Å².